The smallest absolute Gasteiger partial charge is 0.306 e. The molecular weight excluding hydrogens is 200 g/mol. The van der Waals surface area contributed by atoms with Gasteiger partial charge >= 0.3 is 5.97 Å². The fourth-order valence-electron chi connectivity index (χ4n) is 1.11. The number of rotatable bonds is 4. The van der Waals surface area contributed by atoms with E-state index in [0.29, 0.717) is 5.56 Å². The number of carboxylic acid groups (broad SMARTS) is 1. The van der Waals surface area contributed by atoms with E-state index in [1.807, 2.05) is 18.4 Å². The maximum atomic E-state index is 10.3. The summed E-state index contributed by atoms with van der Waals surface area (Å²) in [5.41, 5.74) is 0.644. The summed E-state index contributed by atoms with van der Waals surface area (Å²) in [6.07, 6.45) is 0.796. The molecule has 76 valence electrons. The molecule has 0 amide bonds. The summed E-state index contributed by atoms with van der Waals surface area (Å²) < 4.78 is 0. The highest BCUT2D eigenvalue weighted by Gasteiger charge is 2.11. The quantitative estimate of drug-likeness (QED) is 0.749. The minimum atomic E-state index is -0.994. The van der Waals surface area contributed by atoms with E-state index in [2.05, 4.69) is 0 Å². The molecule has 0 radical (unpaired) electrons. The summed E-state index contributed by atoms with van der Waals surface area (Å²) in [6, 6.07) is 7.23. The van der Waals surface area contributed by atoms with Crippen LogP contribution in [0.25, 0.3) is 0 Å². The van der Waals surface area contributed by atoms with E-state index in [0.717, 1.165) is 4.90 Å². The van der Waals surface area contributed by atoms with Gasteiger partial charge in [0.1, 0.15) is 0 Å². The molecule has 3 nitrogen and oxygen atoms in total. The van der Waals surface area contributed by atoms with E-state index in [-0.39, 0.29) is 6.42 Å². The van der Waals surface area contributed by atoms with E-state index in [1.54, 1.807) is 23.9 Å². The third-order valence-electron chi connectivity index (χ3n) is 1.87. The van der Waals surface area contributed by atoms with Crippen LogP contribution in [0.3, 0.4) is 0 Å². The van der Waals surface area contributed by atoms with Gasteiger partial charge in [-0.2, -0.15) is 0 Å². The first kappa shape index (κ1) is 11.1. The van der Waals surface area contributed by atoms with Crippen molar-refractivity contribution in [2.75, 3.05) is 6.26 Å². The van der Waals surface area contributed by atoms with Gasteiger partial charge in [0.2, 0.25) is 0 Å². The van der Waals surface area contributed by atoms with Gasteiger partial charge in [0, 0.05) is 4.90 Å². The molecule has 0 heterocycles. The van der Waals surface area contributed by atoms with E-state index < -0.39 is 12.1 Å². The van der Waals surface area contributed by atoms with Crippen LogP contribution < -0.4 is 0 Å². The zero-order valence-electron chi connectivity index (χ0n) is 7.80. The molecular formula is C10H12O3S. The molecule has 0 aliphatic rings. The number of hydrogen-bond acceptors (Lipinski definition) is 3. The molecule has 1 atom stereocenters. The lowest BCUT2D eigenvalue weighted by Crippen LogP contribution is -2.05. The van der Waals surface area contributed by atoms with Crippen molar-refractivity contribution in [3.63, 3.8) is 0 Å². The van der Waals surface area contributed by atoms with Crippen molar-refractivity contribution in [2.45, 2.75) is 17.4 Å². The number of aliphatic hydroxyl groups excluding tert-OH is 1. The van der Waals surface area contributed by atoms with Gasteiger partial charge in [-0.3, -0.25) is 4.79 Å². The first-order chi connectivity index (χ1) is 6.63. The Balaban J connectivity index is 2.71. The Morgan fingerprint density at radius 2 is 2.00 bits per heavy atom. The summed E-state index contributed by atoms with van der Waals surface area (Å²) in [5.74, 6) is -0.994. The van der Waals surface area contributed by atoms with Gasteiger partial charge in [0.05, 0.1) is 12.5 Å². The van der Waals surface area contributed by atoms with Crippen LogP contribution in [0.2, 0.25) is 0 Å². The Kier molecular flexibility index (Phi) is 3.98. The van der Waals surface area contributed by atoms with E-state index in [1.165, 1.54) is 0 Å². The van der Waals surface area contributed by atoms with Crippen molar-refractivity contribution >= 4 is 17.7 Å². The van der Waals surface area contributed by atoms with Crippen LogP contribution >= 0.6 is 11.8 Å². The zero-order valence-corrected chi connectivity index (χ0v) is 8.62. The topological polar surface area (TPSA) is 57.5 Å². The third-order valence-corrected chi connectivity index (χ3v) is 2.61. The molecule has 1 aromatic carbocycles. The molecule has 0 saturated heterocycles. The second-order valence-corrected chi connectivity index (χ2v) is 3.77. The molecule has 0 saturated carbocycles. The van der Waals surface area contributed by atoms with Crippen molar-refractivity contribution in [3.8, 4) is 0 Å². The van der Waals surface area contributed by atoms with Crippen molar-refractivity contribution < 1.29 is 15.0 Å². The van der Waals surface area contributed by atoms with Crippen molar-refractivity contribution in [3.05, 3.63) is 29.8 Å². The minimum absolute atomic E-state index is 0.251. The maximum absolute atomic E-state index is 10.3. The summed E-state index contributed by atoms with van der Waals surface area (Å²) in [5, 5.41) is 17.9. The van der Waals surface area contributed by atoms with Crippen molar-refractivity contribution in [2.24, 2.45) is 0 Å². The van der Waals surface area contributed by atoms with Crippen molar-refractivity contribution in [1.29, 1.82) is 0 Å². The Morgan fingerprint density at radius 3 is 2.43 bits per heavy atom. The molecule has 2 N–H and O–H groups in total. The number of carboxylic acids is 1. The fraction of sp³-hybridized carbons (Fsp3) is 0.300. The lowest BCUT2D eigenvalue weighted by molar-refractivity contribution is -0.139. The Bertz CT molecular complexity index is 308. The molecule has 14 heavy (non-hydrogen) atoms. The van der Waals surface area contributed by atoms with E-state index in [4.69, 9.17) is 5.11 Å². The highest BCUT2D eigenvalue weighted by atomic mass is 32.2. The fourth-order valence-corrected chi connectivity index (χ4v) is 1.52. The number of hydrogen-bond donors (Lipinski definition) is 2. The predicted octanol–water partition coefficient (Wildman–Crippen LogP) is 1.92. The molecule has 4 heteroatoms. The second-order valence-electron chi connectivity index (χ2n) is 2.89. The second kappa shape index (κ2) is 5.02. The number of aliphatic hydroxyl groups is 1. The first-order valence-corrected chi connectivity index (χ1v) is 5.39. The molecule has 0 fully saturated rings. The Labute approximate surface area is 86.8 Å². The summed E-state index contributed by atoms with van der Waals surface area (Å²) >= 11 is 1.61. The van der Waals surface area contributed by atoms with Crippen LogP contribution in [0.15, 0.2) is 29.2 Å². The largest absolute Gasteiger partial charge is 0.481 e. The van der Waals surface area contributed by atoms with Gasteiger partial charge in [-0.05, 0) is 24.0 Å². The van der Waals surface area contributed by atoms with Crippen LogP contribution in [-0.4, -0.2) is 22.4 Å². The number of thioether (sulfide) groups is 1. The van der Waals surface area contributed by atoms with E-state index in [9.17, 15) is 9.90 Å². The average molecular weight is 212 g/mol. The predicted molar refractivity (Wildman–Crippen MR) is 55.4 cm³/mol. The lowest BCUT2D eigenvalue weighted by Gasteiger charge is -2.08. The number of aliphatic carboxylic acids is 1. The van der Waals surface area contributed by atoms with Crippen LogP contribution in [0.5, 0.6) is 0 Å². The standard InChI is InChI=1S/C10H12O3S/c1-14-8-4-2-7(3-5-8)9(11)6-10(12)13/h2-5,9,11H,6H2,1H3,(H,12,13)/t9-/m0/s1. The third kappa shape index (κ3) is 3.05. The van der Waals surface area contributed by atoms with Gasteiger partial charge in [-0.1, -0.05) is 12.1 Å². The highest BCUT2D eigenvalue weighted by Crippen LogP contribution is 2.20. The summed E-state index contributed by atoms with van der Waals surface area (Å²) in [6.45, 7) is 0. The van der Waals surface area contributed by atoms with Crippen molar-refractivity contribution in [1.82, 2.24) is 0 Å². The Morgan fingerprint density at radius 1 is 1.43 bits per heavy atom. The monoisotopic (exact) mass is 212 g/mol. The minimum Gasteiger partial charge on any atom is -0.481 e. The summed E-state index contributed by atoms with van der Waals surface area (Å²) in [4.78, 5) is 11.4. The number of carbonyl (C=O) groups is 1. The molecule has 0 aliphatic heterocycles. The van der Waals surface area contributed by atoms with Gasteiger partial charge in [-0.15, -0.1) is 11.8 Å². The number of benzene rings is 1. The SMILES string of the molecule is CSc1ccc([C@@H](O)CC(=O)O)cc1. The zero-order chi connectivity index (χ0) is 10.6. The highest BCUT2D eigenvalue weighted by molar-refractivity contribution is 7.98. The molecule has 0 aliphatic carbocycles. The van der Waals surface area contributed by atoms with Gasteiger partial charge in [0.15, 0.2) is 0 Å². The maximum Gasteiger partial charge on any atom is 0.306 e. The molecule has 0 unspecified atom stereocenters. The van der Waals surface area contributed by atoms with Gasteiger partial charge in [0.25, 0.3) is 0 Å². The molecule has 0 spiro atoms. The molecule has 1 aromatic rings. The average Bonchev–Trinajstić information content (AvgIpc) is 2.17. The van der Waals surface area contributed by atoms with Crippen LogP contribution in [0.1, 0.15) is 18.1 Å². The Hall–Kier alpha value is -1.00. The molecule has 1 rings (SSSR count). The van der Waals surface area contributed by atoms with Crippen LogP contribution in [-0.2, 0) is 4.79 Å². The van der Waals surface area contributed by atoms with Gasteiger partial charge in [-0.25, -0.2) is 0 Å². The summed E-state index contributed by atoms with van der Waals surface area (Å²) in [7, 11) is 0. The molecule has 0 bridgehead atoms. The van der Waals surface area contributed by atoms with Crippen LogP contribution in [0.4, 0.5) is 0 Å². The lowest BCUT2D eigenvalue weighted by atomic mass is 10.1. The van der Waals surface area contributed by atoms with Gasteiger partial charge < -0.3 is 10.2 Å². The van der Waals surface area contributed by atoms with E-state index >= 15 is 0 Å². The normalized spacial score (nSPS) is 12.4. The first-order valence-electron chi connectivity index (χ1n) is 4.17. The van der Waals surface area contributed by atoms with Crippen LogP contribution in [0, 0.1) is 0 Å². The molecule has 0 aromatic heterocycles.